The smallest absolute Gasteiger partial charge is 0.195 e. The van der Waals surface area contributed by atoms with Gasteiger partial charge in [0.1, 0.15) is 0 Å². The van der Waals surface area contributed by atoms with Gasteiger partial charge in [0.15, 0.2) is 17.5 Å². The van der Waals surface area contributed by atoms with Crippen molar-refractivity contribution in [2.24, 2.45) is 0 Å². The zero-order chi connectivity index (χ0) is 11.0. The van der Waals surface area contributed by atoms with E-state index >= 15 is 0 Å². The van der Waals surface area contributed by atoms with Gasteiger partial charge in [-0.15, -0.1) is 0 Å². The van der Waals surface area contributed by atoms with Gasteiger partial charge >= 0.3 is 0 Å². The first-order chi connectivity index (χ1) is 7.11. The summed E-state index contributed by atoms with van der Waals surface area (Å²) in [5, 5.41) is 0. The summed E-state index contributed by atoms with van der Waals surface area (Å²) in [4.78, 5) is 0. The molecule has 0 atom stereocenters. The van der Waals surface area contributed by atoms with Crippen molar-refractivity contribution in [1.82, 2.24) is 0 Å². The normalized spacial score (nSPS) is 15.2. The number of halogens is 3. The Morgan fingerprint density at radius 2 is 1.87 bits per heavy atom. The number of allylic oxidation sites excluding steroid dienone is 4. The van der Waals surface area contributed by atoms with E-state index < -0.39 is 17.5 Å². The van der Waals surface area contributed by atoms with E-state index in [4.69, 9.17) is 0 Å². The second-order valence-corrected chi connectivity index (χ2v) is 3.35. The Hall–Kier alpha value is -1.51. The van der Waals surface area contributed by atoms with Crippen molar-refractivity contribution in [1.29, 1.82) is 0 Å². The van der Waals surface area contributed by atoms with E-state index in [9.17, 15) is 13.2 Å². The molecule has 15 heavy (non-hydrogen) atoms. The molecule has 0 bridgehead atoms. The van der Waals surface area contributed by atoms with Crippen LogP contribution < -0.4 is 0 Å². The predicted octanol–water partition coefficient (Wildman–Crippen LogP) is 3.64. The van der Waals surface area contributed by atoms with Gasteiger partial charge in [0.2, 0.25) is 0 Å². The molecule has 0 saturated carbocycles. The Labute approximate surface area is 85.7 Å². The van der Waals surface area contributed by atoms with E-state index in [-0.39, 0.29) is 5.56 Å². The summed E-state index contributed by atoms with van der Waals surface area (Å²) >= 11 is 0. The first kappa shape index (κ1) is 10.0. The van der Waals surface area contributed by atoms with E-state index in [0.717, 1.165) is 11.6 Å². The van der Waals surface area contributed by atoms with Gasteiger partial charge in [0.25, 0.3) is 0 Å². The molecule has 0 heterocycles. The van der Waals surface area contributed by atoms with Crippen molar-refractivity contribution in [2.45, 2.75) is 13.3 Å². The van der Waals surface area contributed by atoms with Gasteiger partial charge in [-0.05, 0) is 42.7 Å². The molecule has 1 aromatic carbocycles. The van der Waals surface area contributed by atoms with Crippen LogP contribution >= 0.6 is 0 Å². The summed E-state index contributed by atoms with van der Waals surface area (Å²) in [5.74, 6) is -3.72. The van der Waals surface area contributed by atoms with Crippen molar-refractivity contribution in [3.05, 3.63) is 52.9 Å². The van der Waals surface area contributed by atoms with Gasteiger partial charge in [-0.1, -0.05) is 6.08 Å². The van der Waals surface area contributed by atoms with Crippen molar-refractivity contribution in [3.63, 3.8) is 0 Å². The monoisotopic (exact) mass is 209 g/mol. The van der Waals surface area contributed by atoms with Crippen LogP contribution in [-0.2, 0) is 0 Å². The van der Waals surface area contributed by atoms with Gasteiger partial charge < -0.3 is 0 Å². The minimum absolute atomic E-state index is 0.0939. The number of benzene rings is 1. The highest BCUT2D eigenvalue weighted by Crippen LogP contribution is 2.31. The second-order valence-electron chi connectivity index (χ2n) is 3.35. The van der Waals surface area contributed by atoms with Crippen LogP contribution in [0.2, 0.25) is 0 Å². The van der Waals surface area contributed by atoms with Crippen LogP contribution in [0.3, 0.4) is 0 Å². The maximum absolute atomic E-state index is 13.4. The van der Waals surface area contributed by atoms with Gasteiger partial charge in [0.05, 0.1) is 0 Å². The minimum atomic E-state index is -1.42. The molecular formula is C12H8F3. The number of hydrogen-bond donors (Lipinski definition) is 0. The van der Waals surface area contributed by atoms with Gasteiger partial charge in [-0.3, -0.25) is 0 Å². The molecule has 1 radical (unpaired) electrons. The minimum Gasteiger partial charge on any atom is -0.204 e. The molecule has 0 N–H and O–H groups in total. The van der Waals surface area contributed by atoms with E-state index in [2.05, 4.69) is 6.08 Å². The quantitative estimate of drug-likeness (QED) is 0.619. The third-order valence-electron chi connectivity index (χ3n) is 2.40. The maximum atomic E-state index is 13.4. The molecule has 77 valence electrons. The Morgan fingerprint density at radius 3 is 2.47 bits per heavy atom. The predicted molar refractivity (Wildman–Crippen MR) is 51.3 cm³/mol. The highest BCUT2D eigenvalue weighted by Gasteiger charge is 2.18. The van der Waals surface area contributed by atoms with E-state index in [1.165, 1.54) is 6.07 Å². The molecule has 1 aliphatic rings. The summed E-state index contributed by atoms with van der Waals surface area (Å²) in [7, 11) is 0. The molecule has 1 aromatic rings. The lowest BCUT2D eigenvalue weighted by molar-refractivity contribution is 0.445. The average Bonchev–Trinajstić information content (AvgIpc) is 2.62. The Morgan fingerprint density at radius 1 is 1.13 bits per heavy atom. The summed E-state index contributed by atoms with van der Waals surface area (Å²) in [6.07, 6.45) is 5.29. The lowest BCUT2D eigenvalue weighted by Crippen LogP contribution is -1.97. The number of hydrogen-bond acceptors (Lipinski definition) is 0. The Bertz CT molecular complexity index is 470. The van der Waals surface area contributed by atoms with Crippen molar-refractivity contribution >= 4 is 5.57 Å². The summed E-state index contributed by atoms with van der Waals surface area (Å²) < 4.78 is 39.0. The maximum Gasteiger partial charge on any atom is 0.195 e. The summed E-state index contributed by atoms with van der Waals surface area (Å²) in [6.45, 7) is 1.76. The molecule has 0 aliphatic heterocycles. The second kappa shape index (κ2) is 3.57. The summed E-state index contributed by atoms with van der Waals surface area (Å²) in [5.41, 5.74) is 1.45. The van der Waals surface area contributed by atoms with Crippen LogP contribution in [0.15, 0.2) is 23.8 Å². The average molecular weight is 209 g/mol. The third-order valence-corrected chi connectivity index (χ3v) is 2.40. The molecule has 0 nitrogen and oxygen atoms in total. The lowest BCUT2D eigenvalue weighted by atomic mass is 10.0. The third kappa shape index (κ3) is 1.58. The summed E-state index contributed by atoms with van der Waals surface area (Å²) in [6, 6.07) is 2.18. The topological polar surface area (TPSA) is 0 Å². The van der Waals surface area contributed by atoms with Crippen molar-refractivity contribution in [2.75, 3.05) is 0 Å². The van der Waals surface area contributed by atoms with E-state index in [1.54, 1.807) is 13.0 Å². The Kier molecular flexibility index (Phi) is 2.39. The molecule has 0 spiro atoms. The van der Waals surface area contributed by atoms with Gasteiger partial charge in [-0.2, -0.15) is 0 Å². The molecule has 0 saturated heterocycles. The molecule has 0 unspecified atom stereocenters. The fourth-order valence-corrected chi connectivity index (χ4v) is 1.60. The molecular weight excluding hydrogens is 201 g/mol. The zero-order valence-corrected chi connectivity index (χ0v) is 8.07. The zero-order valence-electron chi connectivity index (χ0n) is 8.07. The fraction of sp³-hybridized carbons (Fsp3) is 0.167. The Balaban J connectivity index is 2.56. The van der Waals surface area contributed by atoms with E-state index in [0.29, 0.717) is 12.0 Å². The molecule has 3 heteroatoms. The lowest BCUT2D eigenvalue weighted by Gasteiger charge is -2.06. The highest BCUT2D eigenvalue weighted by atomic mass is 19.2. The molecule has 0 fully saturated rings. The van der Waals surface area contributed by atoms with E-state index in [1.807, 2.05) is 0 Å². The highest BCUT2D eigenvalue weighted by molar-refractivity contribution is 5.80. The molecule has 2 rings (SSSR count). The first-order valence-corrected chi connectivity index (χ1v) is 4.53. The van der Waals surface area contributed by atoms with Crippen LogP contribution in [0.1, 0.15) is 18.9 Å². The molecule has 0 aromatic heterocycles. The standard InChI is InChI=1S/C12H8F3/c1-7-3-2-4-8(7)9-5-6-10(13)12(15)11(9)14/h4-6H,2H2,1H3. The van der Waals surface area contributed by atoms with Crippen molar-refractivity contribution in [3.8, 4) is 0 Å². The van der Waals surface area contributed by atoms with Crippen LogP contribution in [-0.4, -0.2) is 0 Å². The number of rotatable bonds is 1. The van der Waals surface area contributed by atoms with Crippen LogP contribution in [0.4, 0.5) is 13.2 Å². The largest absolute Gasteiger partial charge is 0.204 e. The fourth-order valence-electron chi connectivity index (χ4n) is 1.60. The first-order valence-electron chi connectivity index (χ1n) is 4.53. The van der Waals surface area contributed by atoms with Crippen molar-refractivity contribution < 1.29 is 13.2 Å². The molecule has 1 aliphatic carbocycles. The molecule has 0 amide bonds. The van der Waals surface area contributed by atoms with Crippen LogP contribution in [0.25, 0.3) is 5.57 Å². The SMILES string of the molecule is CC1=[C]CC=C1c1ccc(F)c(F)c1F. The van der Waals surface area contributed by atoms with Crippen LogP contribution in [0, 0.1) is 23.5 Å². The van der Waals surface area contributed by atoms with Gasteiger partial charge in [-0.25, -0.2) is 13.2 Å². The van der Waals surface area contributed by atoms with Gasteiger partial charge in [0, 0.05) is 5.56 Å². The van der Waals surface area contributed by atoms with Crippen LogP contribution in [0.5, 0.6) is 0 Å².